The van der Waals surface area contributed by atoms with Crippen LogP contribution in [0.1, 0.15) is 11.1 Å². The molecule has 0 radical (unpaired) electrons. The van der Waals surface area contributed by atoms with Crippen LogP contribution in [-0.2, 0) is 6.42 Å². The van der Waals surface area contributed by atoms with Crippen LogP contribution < -0.4 is 0 Å². The van der Waals surface area contributed by atoms with E-state index in [1.54, 1.807) is 12.1 Å². The van der Waals surface area contributed by atoms with Crippen LogP contribution in [0.2, 0.25) is 0 Å². The number of hydrogen-bond donors (Lipinski definition) is 0. The van der Waals surface area contributed by atoms with Gasteiger partial charge in [-0.3, -0.25) is 0 Å². The van der Waals surface area contributed by atoms with E-state index >= 15 is 0 Å². The molecular formula is C15H12N2. The van der Waals surface area contributed by atoms with Crippen molar-refractivity contribution in [3.05, 3.63) is 71.8 Å². The molecule has 0 fully saturated rings. The van der Waals surface area contributed by atoms with Gasteiger partial charge in [-0.1, -0.05) is 43.5 Å². The van der Waals surface area contributed by atoms with Crippen molar-refractivity contribution < 1.29 is 0 Å². The maximum atomic E-state index is 8.98. The van der Waals surface area contributed by atoms with Gasteiger partial charge < -0.3 is 0 Å². The maximum absolute atomic E-state index is 8.98. The number of rotatable bonds is 4. The normalized spacial score (nSPS) is 10.7. The van der Waals surface area contributed by atoms with E-state index in [4.69, 9.17) is 10.5 Å². The second kappa shape index (κ2) is 6.10. The summed E-state index contributed by atoms with van der Waals surface area (Å²) in [5.74, 6) is 0. The minimum atomic E-state index is 0.493. The molecule has 1 rings (SSSR count). The molecule has 0 aliphatic carbocycles. The molecule has 0 atom stereocenters. The molecule has 0 aromatic heterocycles. The Bertz CT molecular complexity index is 551. The summed E-state index contributed by atoms with van der Waals surface area (Å²) in [5.41, 5.74) is 2.78. The average molecular weight is 220 g/mol. The lowest BCUT2D eigenvalue weighted by atomic mass is 9.97. The van der Waals surface area contributed by atoms with Crippen LogP contribution in [0.3, 0.4) is 0 Å². The molecule has 0 unspecified atom stereocenters. The van der Waals surface area contributed by atoms with E-state index in [9.17, 15) is 0 Å². The fourth-order valence-corrected chi connectivity index (χ4v) is 1.51. The lowest BCUT2D eigenvalue weighted by molar-refractivity contribution is 1.17. The third-order valence-electron chi connectivity index (χ3n) is 2.44. The van der Waals surface area contributed by atoms with Crippen molar-refractivity contribution in [3.8, 4) is 12.1 Å². The predicted octanol–water partition coefficient (Wildman–Crippen LogP) is 3.29. The Morgan fingerprint density at radius 1 is 1.18 bits per heavy atom. The van der Waals surface area contributed by atoms with Crippen molar-refractivity contribution in [2.45, 2.75) is 6.42 Å². The third kappa shape index (κ3) is 2.93. The van der Waals surface area contributed by atoms with Crippen LogP contribution in [0.25, 0.3) is 0 Å². The standard InChI is InChI=1S/C15H12N2/c1-3-12(13(4-2)10-16)9-14-7-5-6-8-15(14)11-17/h3-8H,1-2,9H2/b13-12-. The zero-order chi connectivity index (χ0) is 12.7. The first-order chi connectivity index (χ1) is 8.26. The molecule has 0 bridgehead atoms. The van der Waals surface area contributed by atoms with Gasteiger partial charge in [-0.2, -0.15) is 10.5 Å². The molecule has 1 aromatic carbocycles. The molecule has 0 saturated carbocycles. The fraction of sp³-hybridized carbons (Fsp3) is 0.0667. The molecule has 0 spiro atoms. The first-order valence-electron chi connectivity index (χ1n) is 5.13. The largest absolute Gasteiger partial charge is 0.192 e. The van der Waals surface area contributed by atoms with Crippen molar-refractivity contribution in [3.63, 3.8) is 0 Å². The topological polar surface area (TPSA) is 47.6 Å². The summed E-state index contributed by atoms with van der Waals surface area (Å²) in [7, 11) is 0. The van der Waals surface area contributed by atoms with Crippen molar-refractivity contribution >= 4 is 0 Å². The van der Waals surface area contributed by atoms with Gasteiger partial charge in [0.05, 0.1) is 23.3 Å². The molecule has 82 valence electrons. The van der Waals surface area contributed by atoms with Gasteiger partial charge in [-0.25, -0.2) is 0 Å². The predicted molar refractivity (Wildman–Crippen MR) is 67.9 cm³/mol. The number of hydrogen-bond acceptors (Lipinski definition) is 2. The Morgan fingerprint density at radius 2 is 1.88 bits per heavy atom. The first-order valence-corrected chi connectivity index (χ1v) is 5.13. The summed E-state index contributed by atoms with van der Waals surface area (Å²) in [6.45, 7) is 7.28. The summed E-state index contributed by atoms with van der Waals surface area (Å²) in [6.07, 6.45) is 3.66. The zero-order valence-electron chi connectivity index (χ0n) is 9.48. The van der Waals surface area contributed by atoms with Crippen molar-refractivity contribution in [1.82, 2.24) is 0 Å². The van der Waals surface area contributed by atoms with Gasteiger partial charge in [0.15, 0.2) is 0 Å². The summed E-state index contributed by atoms with van der Waals surface area (Å²) < 4.78 is 0. The first kappa shape index (κ1) is 12.5. The Kier molecular flexibility index (Phi) is 4.48. The lowest BCUT2D eigenvalue weighted by Gasteiger charge is -2.05. The highest BCUT2D eigenvalue weighted by Crippen LogP contribution is 2.16. The van der Waals surface area contributed by atoms with Gasteiger partial charge in [0.25, 0.3) is 0 Å². The van der Waals surface area contributed by atoms with Crippen molar-refractivity contribution in [1.29, 1.82) is 10.5 Å². The monoisotopic (exact) mass is 220 g/mol. The van der Waals surface area contributed by atoms with E-state index in [1.165, 1.54) is 6.08 Å². The molecule has 2 heteroatoms. The molecule has 0 aliphatic rings. The summed E-state index contributed by atoms with van der Waals surface area (Å²) in [5, 5.41) is 17.9. The Balaban J connectivity index is 3.18. The summed E-state index contributed by atoms with van der Waals surface area (Å²) >= 11 is 0. The molecule has 0 saturated heterocycles. The van der Waals surface area contributed by atoms with Crippen LogP contribution in [-0.4, -0.2) is 0 Å². The number of nitriles is 2. The van der Waals surface area contributed by atoms with Gasteiger partial charge in [-0.05, 0) is 17.2 Å². The van der Waals surface area contributed by atoms with Crippen LogP contribution in [0.15, 0.2) is 60.7 Å². The van der Waals surface area contributed by atoms with Gasteiger partial charge >= 0.3 is 0 Å². The zero-order valence-corrected chi connectivity index (χ0v) is 9.48. The highest BCUT2D eigenvalue weighted by atomic mass is 14.3. The number of benzene rings is 1. The second-order valence-corrected chi connectivity index (χ2v) is 3.40. The quantitative estimate of drug-likeness (QED) is 0.577. The molecule has 1 aromatic rings. The van der Waals surface area contributed by atoms with Crippen molar-refractivity contribution in [2.24, 2.45) is 0 Å². The fourth-order valence-electron chi connectivity index (χ4n) is 1.51. The smallest absolute Gasteiger partial charge is 0.0994 e. The van der Waals surface area contributed by atoms with Crippen LogP contribution in [0, 0.1) is 22.7 Å². The van der Waals surface area contributed by atoms with E-state index in [-0.39, 0.29) is 0 Å². The molecular weight excluding hydrogens is 208 g/mol. The molecule has 0 amide bonds. The number of allylic oxidation sites excluding steroid dienone is 4. The summed E-state index contributed by atoms with van der Waals surface area (Å²) in [4.78, 5) is 0. The van der Waals surface area contributed by atoms with Gasteiger partial charge in [0.1, 0.15) is 0 Å². The van der Waals surface area contributed by atoms with Crippen molar-refractivity contribution in [2.75, 3.05) is 0 Å². The molecule has 17 heavy (non-hydrogen) atoms. The van der Waals surface area contributed by atoms with E-state index in [0.29, 0.717) is 17.6 Å². The Morgan fingerprint density at radius 3 is 2.41 bits per heavy atom. The molecule has 0 N–H and O–H groups in total. The minimum absolute atomic E-state index is 0.493. The average Bonchev–Trinajstić information content (AvgIpc) is 2.39. The molecule has 2 nitrogen and oxygen atoms in total. The SMILES string of the molecule is C=C/C(C#N)=C(\C=C)Cc1ccccc1C#N. The van der Waals surface area contributed by atoms with E-state index in [2.05, 4.69) is 25.3 Å². The van der Waals surface area contributed by atoms with Gasteiger partial charge in [0, 0.05) is 6.42 Å². The van der Waals surface area contributed by atoms with E-state index < -0.39 is 0 Å². The Hall–Kier alpha value is -2.58. The van der Waals surface area contributed by atoms with Gasteiger partial charge in [0.2, 0.25) is 0 Å². The highest BCUT2D eigenvalue weighted by Gasteiger charge is 2.05. The number of nitrogens with zero attached hydrogens (tertiary/aromatic N) is 2. The second-order valence-electron chi connectivity index (χ2n) is 3.40. The van der Waals surface area contributed by atoms with Crippen LogP contribution in [0.4, 0.5) is 0 Å². The maximum Gasteiger partial charge on any atom is 0.0994 e. The molecule has 0 aliphatic heterocycles. The molecule has 0 heterocycles. The third-order valence-corrected chi connectivity index (χ3v) is 2.44. The van der Waals surface area contributed by atoms with E-state index in [0.717, 1.165) is 11.1 Å². The van der Waals surface area contributed by atoms with Crippen LogP contribution in [0.5, 0.6) is 0 Å². The minimum Gasteiger partial charge on any atom is -0.192 e. The van der Waals surface area contributed by atoms with E-state index in [1.807, 2.05) is 18.2 Å². The van der Waals surface area contributed by atoms with Crippen LogP contribution >= 0.6 is 0 Å². The highest BCUT2D eigenvalue weighted by molar-refractivity contribution is 5.47. The summed E-state index contributed by atoms with van der Waals surface area (Å²) in [6, 6.07) is 11.5. The lowest BCUT2D eigenvalue weighted by Crippen LogP contribution is -1.94. The Labute approximate surface area is 101 Å². The van der Waals surface area contributed by atoms with Gasteiger partial charge in [-0.15, -0.1) is 0 Å².